The van der Waals surface area contributed by atoms with Crippen LogP contribution in [0.15, 0.2) is 30.3 Å². The van der Waals surface area contributed by atoms with Crippen molar-refractivity contribution in [1.29, 1.82) is 0 Å². The Morgan fingerprint density at radius 1 is 1.08 bits per heavy atom. The lowest BCUT2D eigenvalue weighted by Gasteiger charge is -2.36. The third-order valence-electron chi connectivity index (χ3n) is 5.54. The lowest BCUT2D eigenvalue weighted by molar-refractivity contribution is 0.256. The molecule has 0 radical (unpaired) electrons. The smallest absolute Gasteiger partial charge is 0.191 e. The van der Waals surface area contributed by atoms with Crippen molar-refractivity contribution in [2.45, 2.75) is 70.2 Å². The van der Waals surface area contributed by atoms with Crippen LogP contribution in [-0.4, -0.2) is 40.1 Å². The van der Waals surface area contributed by atoms with Crippen LogP contribution in [0.1, 0.15) is 39.2 Å². The van der Waals surface area contributed by atoms with Gasteiger partial charge in [0.1, 0.15) is 0 Å². The van der Waals surface area contributed by atoms with Gasteiger partial charge in [0.05, 0.1) is 0 Å². The normalized spacial score (nSPS) is 22.5. The first-order valence-electron chi connectivity index (χ1n) is 9.42. The molecule has 24 heavy (non-hydrogen) atoms. The maximum absolute atomic E-state index is 6.30. The van der Waals surface area contributed by atoms with Gasteiger partial charge in [0.15, 0.2) is 8.32 Å². The van der Waals surface area contributed by atoms with Crippen molar-refractivity contribution in [2.24, 2.45) is 0 Å². The lowest BCUT2D eigenvalue weighted by Crippen LogP contribution is -2.55. The molecule has 1 fully saturated rings. The molecule has 1 aliphatic heterocycles. The molecule has 0 amide bonds. The molecule has 0 bridgehead atoms. The Morgan fingerprint density at radius 2 is 1.75 bits per heavy atom. The number of benzene rings is 1. The minimum absolute atomic E-state index is 0.304. The van der Waals surface area contributed by atoms with Crippen molar-refractivity contribution in [2.75, 3.05) is 19.7 Å². The lowest BCUT2D eigenvalue weighted by atomic mass is 10.0. The molecular formula is C20H36N2OSi. The van der Waals surface area contributed by atoms with Gasteiger partial charge in [-0.15, -0.1) is 0 Å². The molecule has 2 unspecified atom stereocenters. The number of hydrogen-bond donors (Lipinski definition) is 2. The summed E-state index contributed by atoms with van der Waals surface area (Å²) in [5.41, 5.74) is 1.42. The zero-order valence-electron chi connectivity index (χ0n) is 16.2. The summed E-state index contributed by atoms with van der Waals surface area (Å²) in [6.45, 7) is 14.6. The van der Waals surface area contributed by atoms with Crippen molar-refractivity contribution >= 4 is 8.32 Å². The molecule has 3 nitrogen and oxygen atoms in total. The molecule has 0 aromatic heterocycles. The van der Waals surface area contributed by atoms with E-state index in [1.807, 2.05) is 0 Å². The van der Waals surface area contributed by atoms with Gasteiger partial charge in [-0.25, -0.2) is 0 Å². The highest BCUT2D eigenvalue weighted by atomic mass is 28.4. The highest BCUT2D eigenvalue weighted by molar-refractivity contribution is 6.74. The van der Waals surface area contributed by atoms with Crippen LogP contribution in [0, 0.1) is 0 Å². The Hall–Kier alpha value is -0.683. The van der Waals surface area contributed by atoms with Crippen LogP contribution in [-0.2, 0) is 10.8 Å². The van der Waals surface area contributed by atoms with Crippen LogP contribution in [0.3, 0.4) is 0 Å². The van der Waals surface area contributed by atoms with E-state index in [-0.39, 0.29) is 0 Å². The van der Waals surface area contributed by atoms with E-state index in [1.165, 1.54) is 12.0 Å². The summed E-state index contributed by atoms with van der Waals surface area (Å²) in [6.07, 6.45) is 3.43. The molecule has 1 aromatic carbocycles. The first kappa shape index (κ1) is 19.6. The number of rotatable bonds is 7. The fourth-order valence-electron chi connectivity index (χ4n) is 2.97. The standard InChI is InChI=1S/C20H36N2OSi/c1-20(2,3)24(4,5)23-13-9-12-18-15-21-16-19(22-18)14-17-10-7-6-8-11-17/h6-8,10-11,18-19,21-22H,9,12-16H2,1-5H3. The van der Waals surface area contributed by atoms with Crippen molar-refractivity contribution in [3.63, 3.8) is 0 Å². The van der Waals surface area contributed by atoms with E-state index in [0.29, 0.717) is 17.1 Å². The fourth-order valence-corrected chi connectivity index (χ4v) is 4.06. The maximum atomic E-state index is 6.30. The quantitative estimate of drug-likeness (QED) is 0.578. The summed E-state index contributed by atoms with van der Waals surface area (Å²) < 4.78 is 6.30. The fraction of sp³-hybridized carbons (Fsp3) is 0.700. The van der Waals surface area contributed by atoms with Crippen LogP contribution in [0.5, 0.6) is 0 Å². The highest BCUT2D eigenvalue weighted by Crippen LogP contribution is 2.36. The van der Waals surface area contributed by atoms with E-state index in [0.717, 1.165) is 32.5 Å². The first-order valence-corrected chi connectivity index (χ1v) is 12.3. The Bertz CT molecular complexity index is 484. The maximum Gasteiger partial charge on any atom is 0.191 e. The van der Waals surface area contributed by atoms with Crippen LogP contribution >= 0.6 is 0 Å². The molecular weight excluding hydrogens is 312 g/mol. The Labute approximate surface area is 149 Å². The summed E-state index contributed by atoms with van der Waals surface area (Å²) in [4.78, 5) is 0. The molecule has 2 atom stereocenters. The van der Waals surface area contributed by atoms with E-state index < -0.39 is 8.32 Å². The van der Waals surface area contributed by atoms with Crippen LogP contribution in [0.25, 0.3) is 0 Å². The van der Waals surface area contributed by atoms with Crippen molar-refractivity contribution in [3.05, 3.63) is 35.9 Å². The van der Waals surface area contributed by atoms with Crippen LogP contribution < -0.4 is 10.6 Å². The number of hydrogen-bond acceptors (Lipinski definition) is 3. The summed E-state index contributed by atoms with van der Waals surface area (Å²) >= 11 is 0. The van der Waals surface area contributed by atoms with E-state index in [2.05, 4.69) is 74.8 Å². The summed E-state index contributed by atoms with van der Waals surface area (Å²) in [5.74, 6) is 0. The van der Waals surface area contributed by atoms with Crippen LogP contribution in [0.4, 0.5) is 0 Å². The monoisotopic (exact) mass is 348 g/mol. The molecule has 1 heterocycles. The zero-order chi connectivity index (χ0) is 17.6. The van der Waals surface area contributed by atoms with E-state index in [9.17, 15) is 0 Å². The molecule has 0 spiro atoms. The molecule has 4 heteroatoms. The van der Waals surface area contributed by atoms with Gasteiger partial charge < -0.3 is 15.1 Å². The Balaban J connectivity index is 1.70. The SMILES string of the molecule is CC(C)(C)[Si](C)(C)OCCCC1CNCC(Cc2ccccc2)N1. The Kier molecular flexibility index (Phi) is 7.05. The molecule has 1 aromatic rings. The van der Waals surface area contributed by atoms with E-state index in [1.54, 1.807) is 0 Å². The largest absolute Gasteiger partial charge is 0.417 e. The van der Waals surface area contributed by atoms with E-state index >= 15 is 0 Å². The second-order valence-corrected chi connectivity index (χ2v) is 13.5. The molecule has 2 rings (SSSR count). The van der Waals surface area contributed by atoms with Gasteiger partial charge in [0, 0.05) is 31.8 Å². The topological polar surface area (TPSA) is 33.3 Å². The number of piperazine rings is 1. The second kappa shape index (κ2) is 8.61. The molecule has 0 aliphatic carbocycles. The van der Waals surface area contributed by atoms with Gasteiger partial charge in [-0.05, 0) is 43.0 Å². The van der Waals surface area contributed by atoms with Crippen LogP contribution in [0.2, 0.25) is 18.1 Å². The first-order chi connectivity index (χ1) is 11.3. The van der Waals surface area contributed by atoms with Gasteiger partial charge in [-0.3, -0.25) is 0 Å². The molecule has 0 saturated carbocycles. The molecule has 1 aliphatic rings. The van der Waals surface area contributed by atoms with Gasteiger partial charge in [0.2, 0.25) is 0 Å². The van der Waals surface area contributed by atoms with Crippen molar-refractivity contribution in [1.82, 2.24) is 10.6 Å². The third-order valence-corrected chi connectivity index (χ3v) is 10.1. The van der Waals surface area contributed by atoms with Gasteiger partial charge in [0.25, 0.3) is 0 Å². The molecule has 1 saturated heterocycles. The van der Waals surface area contributed by atoms with Gasteiger partial charge in [-0.2, -0.15) is 0 Å². The average molecular weight is 349 g/mol. The summed E-state index contributed by atoms with van der Waals surface area (Å²) in [5, 5.41) is 7.72. The predicted molar refractivity (Wildman–Crippen MR) is 106 cm³/mol. The molecule has 136 valence electrons. The zero-order valence-corrected chi connectivity index (χ0v) is 17.2. The summed E-state index contributed by atoms with van der Waals surface area (Å²) in [6, 6.07) is 11.9. The minimum Gasteiger partial charge on any atom is -0.417 e. The van der Waals surface area contributed by atoms with Gasteiger partial charge >= 0.3 is 0 Å². The summed E-state index contributed by atoms with van der Waals surface area (Å²) in [7, 11) is -1.59. The van der Waals surface area contributed by atoms with Crippen molar-refractivity contribution < 1.29 is 4.43 Å². The number of nitrogens with one attached hydrogen (secondary N) is 2. The minimum atomic E-state index is -1.59. The van der Waals surface area contributed by atoms with Crippen molar-refractivity contribution in [3.8, 4) is 0 Å². The van der Waals surface area contributed by atoms with Gasteiger partial charge in [-0.1, -0.05) is 51.1 Å². The van der Waals surface area contributed by atoms with E-state index in [4.69, 9.17) is 4.43 Å². The second-order valence-electron chi connectivity index (χ2n) is 8.66. The highest BCUT2D eigenvalue weighted by Gasteiger charge is 2.36. The average Bonchev–Trinajstić information content (AvgIpc) is 2.52. The third kappa shape index (κ3) is 5.99. The molecule has 2 N–H and O–H groups in total. The Morgan fingerprint density at radius 3 is 2.42 bits per heavy atom. The predicted octanol–water partition coefficient (Wildman–Crippen LogP) is 3.96.